The predicted octanol–water partition coefficient (Wildman–Crippen LogP) is 0.790. The topological polar surface area (TPSA) is 61.0 Å². The van der Waals surface area contributed by atoms with Crippen LogP contribution in [-0.4, -0.2) is 47.7 Å². The maximum atomic E-state index is 12.2. The van der Waals surface area contributed by atoms with E-state index in [-0.39, 0.29) is 5.91 Å². The van der Waals surface area contributed by atoms with Crippen molar-refractivity contribution in [2.24, 2.45) is 5.92 Å². The third-order valence-corrected chi connectivity index (χ3v) is 3.22. The number of nitrogens with one attached hydrogen (secondary N) is 2. The molecule has 1 aromatic rings. The standard InChI is InChI=1S/C12H20N4O/c1-9-6-11(15-14-9)12(17)16-5-3-4-10(8-16)7-13-2/h6,10,13H,3-5,7-8H2,1-2H3,(H,14,15)/t10-/m1/s1. The molecule has 2 rings (SSSR count). The summed E-state index contributed by atoms with van der Waals surface area (Å²) < 4.78 is 0. The van der Waals surface area contributed by atoms with Gasteiger partial charge in [0.2, 0.25) is 0 Å². The third kappa shape index (κ3) is 2.85. The molecule has 0 aromatic carbocycles. The minimum absolute atomic E-state index is 0.0511. The second kappa shape index (κ2) is 5.31. The monoisotopic (exact) mass is 236 g/mol. The molecule has 2 N–H and O–H groups in total. The first-order valence-electron chi connectivity index (χ1n) is 6.16. The van der Waals surface area contributed by atoms with E-state index in [4.69, 9.17) is 0 Å². The second-order valence-corrected chi connectivity index (χ2v) is 4.75. The fourth-order valence-electron chi connectivity index (χ4n) is 2.39. The molecule has 5 heteroatoms. The number of carbonyl (C=O) groups is 1. The van der Waals surface area contributed by atoms with Crippen molar-refractivity contribution in [1.82, 2.24) is 20.4 Å². The maximum absolute atomic E-state index is 12.2. The number of nitrogens with zero attached hydrogens (tertiary/aromatic N) is 2. The first-order valence-corrected chi connectivity index (χ1v) is 6.16. The lowest BCUT2D eigenvalue weighted by atomic mass is 9.98. The Balaban J connectivity index is 1.99. The number of piperidine rings is 1. The van der Waals surface area contributed by atoms with Crippen LogP contribution in [0.1, 0.15) is 29.0 Å². The molecule has 1 amide bonds. The van der Waals surface area contributed by atoms with Crippen LogP contribution in [0.25, 0.3) is 0 Å². The van der Waals surface area contributed by atoms with E-state index in [1.165, 1.54) is 6.42 Å². The molecular weight excluding hydrogens is 216 g/mol. The molecule has 94 valence electrons. The van der Waals surface area contributed by atoms with Gasteiger partial charge >= 0.3 is 0 Å². The van der Waals surface area contributed by atoms with Crippen LogP contribution < -0.4 is 5.32 Å². The Morgan fingerprint density at radius 1 is 1.71 bits per heavy atom. The van der Waals surface area contributed by atoms with Crippen molar-refractivity contribution in [2.75, 3.05) is 26.7 Å². The molecule has 0 saturated carbocycles. The van der Waals surface area contributed by atoms with Gasteiger partial charge in [-0.15, -0.1) is 0 Å². The largest absolute Gasteiger partial charge is 0.337 e. The minimum atomic E-state index is 0.0511. The van der Waals surface area contributed by atoms with Crippen LogP contribution in [0.5, 0.6) is 0 Å². The SMILES string of the molecule is CNC[C@H]1CCCN(C(=O)c2cc(C)[nH]n2)C1. The molecule has 1 atom stereocenters. The molecule has 1 aliphatic rings. The lowest BCUT2D eigenvalue weighted by Gasteiger charge is -2.32. The van der Waals surface area contributed by atoms with E-state index < -0.39 is 0 Å². The average Bonchev–Trinajstić information content (AvgIpc) is 2.76. The molecule has 1 saturated heterocycles. The Morgan fingerprint density at radius 3 is 3.18 bits per heavy atom. The number of aryl methyl sites for hydroxylation is 1. The highest BCUT2D eigenvalue weighted by Crippen LogP contribution is 2.17. The van der Waals surface area contributed by atoms with E-state index >= 15 is 0 Å². The fraction of sp³-hybridized carbons (Fsp3) is 0.667. The number of hydrogen-bond acceptors (Lipinski definition) is 3. The average molecular weight is 236 g/mol. The molecule has 0 aliphatic carbocycles. The summed E-state index contributed by atoms with van der Waals surface area (Å²) in [5, 5.41) is 10.0. The van der Waals surface area contributed by atoms with Gasteiger partial charge in [-0.25, -0.2) is 0 Å². The first-order chi connectivity index (χ1) is 8.20. The number of hydrogen-bond donors (Lipinski definition) is 2. The highest BCUT2D eigenvalue weighted by atomic mass is 16.2. The molecule has 0 bridgehead atoms. The lowest BCUT2D eigenvalue weighted by molar-refractivity contribution is 0.0668. The van der Waals surface area contributed by atoms with Crippen molar-refractivity contribution in [1.29, 1.82) is 0 Å². The quantitative estimate of drug-likeness (QED) is 0.815. The number of carbonyl (C=O) groups excluding carboxylic acids is 1. The zero-order chi connectivity index (χ0) is 12.3. The molecule has 1 aromatic heterocycles. The van der Waals surface area contributed by atoms with E-state index in [9.17, 15) is 4.79 Å². The van der Waals surface area contributed by atoms with E-state index in [0.717, 1.165) is 31.7 Å². The Labute approximate surface area is 102 Å². The Kier molecular flexibility index (Phi) is 3.78. The summed E-state index contributed by atoms with van der Waals surface area (Å²) in [7, 11) is 1.96. The van der Waals surface area contributed by atoms with Gasteiger partial charge in [0.1, 0.15) is 5.69 Å². The van der Waals surface area contributed by atoms with E-state index in [1.54, 1.807) is 0 Å². The van der Waals surface area contributed by atoms with Crippen molar-refractivity contribution >= 4 is 5.91 Å². The molecule has 0 unspecified atom stereocenters. The fourth-order valence-corrected chi connectivity index (χ4v) is 2.39. The van der Waals surface area contributed by atoms with Gasteiger partial charge < -0.3 is 10.2 Å². The maximum Gasteiger partial charge on any atom is 0.274 e. The molecule has 1 fully saturated rings. The summed E-state index contributed by atoms with van der Waals surface area (Å²) in [6.45, 7) is 4.57. The Morgan fingerprint density at radius 2 is 2.53 bits per heavy atom. The van der Waals surface area contributed by atoms with E-state index in [0.29, 0.717) is 11.6 Å². The highest BCUT2D eigenvalue weighted by Gasteiger charge is 2.25. The van der Waals surface area contributed by atoms with Crippen LogP contribution in [-0.2, 0) is 0 Å². The van der Waals surface area contributed by atoms with E-state index in [1.807, 2.05) is 24.9 Å². The third-order valence-electron chi connectivity index (χ3n) is 3.22. The number of H-pyrrole nitrogens is 1. The number of likely N-dealkylation sites (tertiary alicyclic amines) is 1. The van der Waals surface area contributed by atoms with Crippen LogP contribution in [0, 0.1) is 12.8 Å². The number of aromatic amines is 1. The van der Waals surface area contributed by atoms with Crippen molar-refractivity contribution in [3.63, 3.8) is 0 Å². The number of aromatic nitrogens is 2. The van der Waals surface area contributed by atoms with Gasteiger partial charge in [-0.1, -0.05) is 0 Å². The summed E-state index contributed by atoms with van der Waals surface area (Å²) in [6, 6.07) is 1.81. The molecule has 17 heavy (non-hydrogen) atoms. The van der Waals surface area contributed by atoms with E-state index in [2.05, 4.69) is 15.5 Å². The summed E-state index contributed by atoms with van der Waals surface area (Å²) >= 11 is 0. The van der Waals surface area contributed by atoms with Crippen molar-refractivity contribution in [2.45, 2.75) is 19.8 Å². The molecule has 0 radical (unpaired) electrons. The zero-order valence-corrected chi connectivity index (χ0v) is 10.5. The minimum Gasteiger partial charge on any atom is -0.337 e. The molecular formula is C12H20N4O. The van der Waals surface area contributed by atoms with Crippen LogP contribution in [0.3, 0.4) is 0 Å². The van der Waals surface area contributed by atoms with Gasteiger partial charge in [0, 0.05) is 18.8 Å². The number of rotatable bonds is 3. The lowest BCUT2D eigenvalue weighted by Crippen LogP contribution is -2.42. The highest BCUT2D eigenvalue weighted by molar-refractivity contribution is 5.92. The molecule has 5 nitrogen and oxygen atoms in total. The molecule has 1 aliphatic heterocycles. The van der Waals surface area contributed by atoms with Crippen LogP contribution in [0.4, 0.5) is 0 Å². The van der Waals surface area contributed by atoms with Gasteiger partial charge in [-0.05, 0) is 45.3 Å². The zero-order valence-electron chi connectivity index (χ0n) is 10.5. The number of amides is 1. The Hall–Kier alpha value is -1.36. The molecule has 2 heterocycles. The van der Waals surface area contributed by atoms with Gasteiger partial charge in [0.05, 0.1) is 0 Å². The van der Waals surface area contributed by atoms with Gasteiger partial charge in [-0.3, -0.25) is 9.89 Å². The van der Waals surface area contributed by atoms with Crippen LogP contribution >= 0.6 is 0 Å². The summed E-state index contributed by atoms with van der Waals surface area (Å²) in [6.07, 6.45) is 2.28. The van der Waals surface area contributed by atoms with Crippen LogP contribution in [0.15, 0.2) is 6.07 Å². The van der Waals surface area contributed by atoms with Gasteiger partial charge in [0.15, 0.2) is 0 Å². The first kappa shape index (κ1) is 12.1. The Bertz CT molecular complexity index is 386. The van der Waals surface area contributed by atoms with Crippen molar-refractivity contribution in [3.8, 4) is 0 Å². The summed E-state index contributed by atoms with van der Waals surface area (Å²) in [4.78, 5) is 14.1. The van der Waals surface area contributed by atoms with Crippen molar-refractivity contribution < 1.29 is 4.79 Å². The van der Waals surface area contributed by atoms with Crippen LogP contribution in [0.2, 0.25) is 0 Å². The summed E-state index contributed by atoms with van der Waals surface area (Å²) in [5.74, 6) is 0.618. The summed E-state index contributed by atoms with van der Waals surface area (Å²) in [5.41, 5.74) is 1.46. The smallest absolute Gasteiger partial charge is 0.274 e. The normalized spacial score (nSPS) is 20.6. The van der Waals surface area contributed by atoms with Gasteiger partial charge in [-0.2, -0.15) is 5.10 Å². The predicted molar refractivity (Wildman–Crippen MR) is 65.9 cm³/mol. The van der Waals surface area contributed by atoms with Gasteiger partial charge in [0.25, 0.3) is 5.91 Å². The van der Waals surface area contributed by atoms with Crippen molar-refractivity contribution in [3.05, 3.63) is 17.5 Å². The second-order valence-electron chi connectivity index (χ2n) is 4.75. The molecule has 0 spiro atoms.